The maximum Gasteiger partial charge on any atom is 0.262 e. The zero-order chi connectivity index (χ0) is 14.9. The number of nitrogens with one attached hydrogen (secondary N) is 1. The fourth-order valence-electron chi connectivity index (χ4n) is 1.92. The maximum atomic E-state index is 12.4. The molecule has 1 N–H and O–H groups in total. The number of hydrogen-bond acceptors (Lipinski definition) is 3. The molecule has 6 heteroatoms. The van der Waals surface area contributed by atoms with Crippen LogP contribution in [0.1, 0.15) is 16.7 Å². The molecule has 0 amide bonds. The Morgan fingerprint density at radius 2 is 1.80 bits per heavy atom. The van der Waals surface area contributed by atoms with Gasteiger partial charge in [-0.3, -0.25) is 4.72 Å². The number of rotatable bonds is 3. The molecule has 0 spiro atoms. The van der Waals surface area contributed by atoms with Gasteiger partial charge in [-0.05, 0) is 44.0 Å². The highest BCUT2D eigenvalue weighted by molar-refractivity contribution is 7.92. The van der Waals surface area contributed by atoms with Crippen molar-refractivity contribution in [2.45, 2.75) is 25.7 Å². The van der Waals surface area contributed by atoms with Crippen LogP contribution >= 0.6 is 11.6 Å². The minimum absolute atomic E-state index is 0.260. The summed E-state index contributed by atoms with van der Waals surface area (Å²) in [5.74, 6) is 0. The largest absolute Gasteiger partial charge is 0.278 e. The summed E-state index contributed by atoms with van der Waals surface area (Å²) in [7, 11) is -3.62. The standard InChI is InChI=1S/C14H15ClN2O2S/c1-9-4-5-13(10(2)6-9)20(18,19)17-12-7-11(3)14(15)16-8-12/h4-8,17H,1-3H3. The molecule has 0 aliphatic heterocycles. The molecule has 20 heavy (non-hydrogen) atoms. The molecule has 0 aliphatic carbocycles. The zero-order valence-electron chi connectivity index (χ0n) is 11.4. The van der Waals surface area contributed by atoms with Crippen LogP contribution in [0.2, 0.25) is 5.15 Å². The number of halogens is 1. The molecule has 0 unspecified atom stereocenters. The number of benzene rings is 1. The Morgan fingerprint density at radius 3 is 2.40 bits per heavy atom. The number of anilines is 1. The Kier molecular flexibility index (Phi) is 4.01. The molecule has 0 atom stereocenters. The molecule has 1 aromatic carbocycles. The van der Waals surface area contributed by atoms with Crippen molar-refractivity contribution in [3.8, 4) is 0 Å². The summed E-state index contributed by atoms with van der Waals surface area (Å²) in [5.41, 5.74) is 2.83. The van der Waals surface area contributed by atoms with Gasteiger partial charge in [0.1, 0.15) is 5.15 Å². The average Bonchev–Trinajstić information content (AvgIpc) is 2.33. The van der Waals surface area contributed by atoms with Crippen molar-refractivity contribution < 1.29 is 8.42 Å². The number of aromatic nitrogens is 1. The van der Waals surface area contributed by atoms with Gasteiger partial charge in [0, 0.05) is 0 Å². The molecule has 1 heterocycles. The van der Waals surface area contributed by atoms with Crippen molar-refractivity contribution in [1.82, 2.24) is 4.98 Å². The van der Waals surface area contributed by atoms with Gasteiger partial charge in [-0.15, -0.1) is 0 Å². The third kappa shape index (κ3) is 3.11. The lowest BCUT2D eigenvalue weighted by Crippen LogP contribution is -2.14. The van der Waals surface area contributed by atoms with Crippen molar-refractivity contribution in [3.63, 3.8) is 0 Å². The molecule has 2 aromatic rings. The van der Waals surface area contributed by atoms with Crippen LogP contribution in [-0.4, -0.2) is 13.4 Å². The molecule has 0 aliphatic rings. The molecule has 0 bridgehead atoms. The summed E-state index contributed by atoms with van der Waals surface area (Å²) >= 11 is 5.82. The fraction of sp³-hybridized carbons (Fsp3) is 0.214. The predicted octanol–water partition coefficient (Wildman–Crippen LogP) is 3.46. The molecule has 0 radical (unpaired) electrons. The third-order valence-electron chi connectivity index (χ3n) is 2.89. The van der Waals surface area contributed by atoms with Gasteiger partial charge in [-0.1, -0.05) is 29.3 Å². The molecule has 1 aromatic heterocycles. The van der Waals surface area contributed by atoms with Crippen molar-refractivity contribution in [2.24, 2.45) is 0 Å². The second-order valence-electron chi connectivity index (χ2n) is 4.71. The Morgan fingerprint density at radius 1 is 1.10 bits per heavy atom. The lowest BCUT2D eigenvalue weighted by Gasteiger charge is -2.11. The van der Waals surface area contributed by atoms with E-state index in [4.69, 9.17) is 11.6 Å². The van der Waals surface area contributed by atoms with Gasteiger partial charge in [0.15, 0.2) is 0 Å². The highest BCUT2D eigenvalue weighted by Gasteiger charge is 2.17. The highest BCUT2D eigenvalue weighted by Crippen LogP contribution is 2.22. The van der Waals surface area contributed by atoms with E-state index in [1.54, 1.807) is 32.0 Å². The van der Waals surface area contributed by atoms with Crippen LogP contribution in [0.5, 0.6) is 0 Å². The van der Waals surface area contributed by atoms with Crippen molar-refractivity contribution in [2.75, 3.05) is 4.72 Å². The van der Waals surface area contributed by atoms with Crippen LogP contribution in [-0.2, 0) is 10.0 Å². The normalized spacial score (nSPS) is 11.4. The van der Waals surface area contributed by atoms with Crippen LogP contribution in [0.4, 0.5) is 5.69 Å². The molecule has 0 saturated heterocycles. The van der Waals surface area contributed by atoms with Gasteiger partial charge in [0.2, 0.25) is 0 Å². The van der Waals surface area contributed by atoms with Crippen LogP contribution < -0.4 is 4.72 Å². The van der Waals surface area contributed by atoms with Crippen molar-refractivity contribution in [3.05, 3.63) is 52.3 Å². The number of hydrogen-bond donors (Lipinski definition) is 1. The zero-order valence-corrected chi connectivity index (χ0v) is 13.0. The molecule has 106 valence electrons. The number of sulfonamides is 1. The quantitative estimate of drug-likeness (QED) is 0.883. The van der Waals surface area contributed by atoms with Crippen LogP contribution in [0.25, 0.3) is 0 Å². The minimum atomic E-state index is -3.62. The minimum Gasteiger partial charge on any atom is -0.278 e. The fourth-order valence-corrected chi connectivity index (χ4v) is 3.29. The van der Waals surface area contributed by atoms with Gasteiger partial charge in [-0.25, -0.2) is 13.4 Å². The molecule has 2 rings (SSSR count). The van der Waals surface area contributed by atoms with E-state index in [0.29, 0.717) is 22.0 Å². The lowest BCUT2D eigenvalue weighted by molar-refractivity contribution is 0.600. The van der Waals surface area contributed by atoms with E-state index in [1.807, 2.05) is 13.0 Å². The summed E-state index contributed by atoms with van der Waals surface area (Å²) in [5, 5.41) is 0.361. The first-order chi connectivity index (χ1) is 9.29. The van der Waals surface area contributed by atoms with E-state index in [-0.39, 0.29) is 4.90 Å². The van der Waals surface area contributed by atoms with E-state index in [2.05, 4.69) is 9.71 Å². The number of aryl methyl sites for hydroxylation is 3. The number of nitrogens with zero attached hydrogens (tertiary/aromatic N) is 1. The van der Waals surface area contributed by atoms with E-state index in [1.165, 1.54) is 6.20 Å². The Hall–Kier alpha value is -1.59. The van der Waals surface area contributed by atoms with Crippen LogP contribution in [0.3, 0.4) is 0 Å². The van der Waals surface area contributed by atoms with Gasteiger partial charge in [0.05, 0.1) is 16.8 Å². The van der Waals surface area contributed by atoms with Crippen LogP contribution in [0, 0.1) is 20.8 Å². The van der Waals surface area contributed by atoms with Gasteiger partial charge in [0.25, 0.3) is 10.0 Å². The average molecular weight is 311 g/mol. The number of pyridine rings is 1. The van der Waals surface area contributed by atoms with Gasteiger partial charge in [-0.2, -0.15) is 0 Å². The topological polar surface area (TPSA) is 59.1 Å². The Bertz CT molecular complexity index is 758. The summed E-state index contributed by atoms with van der Waals surface area (Å²) in [6.07, 6.45) is 1.40. The monoisotopic (exact) mass is 310 g/mol. The summed E-state index contributed by atoms with van der Waals surface area (Å²) in [6, 6.07) is 6.85. The van der Waals surface area contributed by atoms with Crippen molar-refractivity contribution in [1.29, 1.82) is 0 Å². The summed E-state index contributed by atoms with van der Waals surface area (Å²) in [6.45, 7) is 5.46. The van der Waals surface area contributed by atoms with Gasteiger partial charge < -0.3 is 0 Å². The Balaban J connectivity index is 2.38. The molecular formula is C14H15ClN2O2S. The predicted molar refractivity (Wildman–Crippen MR) is 80.7 cm³/mol. The first kappa shape index (κ1) is 14.8. The van der Waals surface area contributed by atoms with Crippen LogP contribution in [0.15, 0.2) is 35.4 Å². The van der Waals surface area contributed by atoms with E-state index in [9.17, 15) is 8.42 Å². The highest BCUT2D eigenvalue weighted by atomic mass is 35.5. The maximum absolute atomic E-state index is 12.4. The third-order valence-corrected chi connectivity index (χ3v) is 4.82. The molecule has 0 saturated carbocycles. The lowest BCUT2D eigenvalue weighted by atomic mass is 10.2. The van der Waals surface area contributed by atoms with E-state index >= 15 is 0 Å². The summed E-state index contributed by atoms with van der Waals surface area (Å²) < 4.78 is 27.2. The summed E-state index contributed by atoms with van der Waals surface area (Å²) in [4.78, 5) is 4.19. The molecular weight excluding hydrogens is 296 g/mol. The first-order valence-electron chi connectivity index (χ1n) is 6.02. The second-order valence-corrected chi connectivity index (χ2v) is 6.71. The van der Waals surface area contributed by atoms with Crippen molar-refractivity contribution >= 4 is 27.3 Å². The van der Waals surface area contributed by atoms with E-state index in [0.717, 1.165) is 5.56 Å². The smallest absolute Gasteiger partial charge is 0.262 e. The Labute approximate surface area is 123 Å². The first-order valence-corrected chi connectivity index (χ1v) is 7.88. The molecule has 4 nitrogen and oxygen atoms in total. The molecule has 0 fully saturated rings. The van der Waals surface area contributed by atoms with Gasteiger partial charge >= 0.3 is 0 Å². The SMILES string of the molecule is Cc1ccc(S(=O)(=O)Nc2cnc(Cl)c(C)c2)c(C)c1. The van der Waals surface area contributed by atoms with E-state index < -0.39 is 10.0 Å². The second kappa shape index (κ2) is 5.42.